The van der Waals surface area contributed by atoms with E-state index in [1.807, 2.05) is 6.92 Å². The van der Waals surface area contributed by atoms with Gasteiger partial charge in [-0.1, -0.05) is 6.07 Å². The molecule has 0 heterocycles. The van der Waals surface area contributed by atoms with E-state index in [0.717, 1.165) is 25.2 Å². The van der Waals surface area contributed by atoms with Gasteiger partial charge >= 0.3 is 0 Å². The van der Waals surface area contributed by atoms with Gasteiger partial charge in [0.15, 0.2) is 0 Å². The van der Waals surface area contributed by atoms with Crippen LogP contribution in [0.2, 0.25) is 0 Å². The second kappa shape index (κ2) is 3.18. The molecule has 0 bridgehead atoms. The Morgan fingerprint density at radius 1 is 1.25 bits per heavy atom. The highest BCUT2D eigenvalue weighted by molar-refractivity contribution is 5.40. The van der Waals surface area contributed by atoms with Gasteiger partial charge < -0.3 is 4.74 Å². The van der Waals surface area contributed by atoms with Crippen LogP contribution in [0.15, 0.2) is 18.2 Å². The van der Waals surface area contributed by atoms with Crippen LogP contribution in [0.4, 0.5) is 0 Å². The van der Waals surface area contributed by atoms with Gasteiger partial charge in [-0.2, -0.15) is 0 Å². The summed E-state index contributed by atoms with van der Waals surface area (Å²) in [6, 6.07) is 6.38. The highest BCUT2D eigenvalue weighted by atomic mass is 16.5. The van der Waals surface area contributed by atoms with E-state index in [4.69, 9.17) is 4.74 Å². The van der Waals surface area contributed by atoms with Crippen molar-refractivity contribution < 1.29 is 4.74 Å². The minimum absolute atomic E-state index is 0.752. The molecule has 1 aromatic carbocycles. The molecule has 0 saturated carbocycles. The van der Waals surface area contributed by atoms with Crippen molar-refractivity contribution in [1.29, 1.82) is 0 Å². The Bertz CT molecular complexity index is 278. The first kappa shape index (κ1) is 7.66. The fraction of sp³-hybridized carbons (Fsp3) is 0.364. The first-order chi connectivity index (χ1) is 5.90. The molecule has 1 nitrogen and oxygen atoms in total. The Labute approximate surface area is 73.4 Å². The molecule has 1 heteroatoms. The fourth-order valence-corrected chi connectivity index (χ4v) is 1.63. The quantitative estimate of drug-likeness (QED) is 0.647. The van der Waals surface area contributed by atoms with Crippen LogP contribution in [0.3, 0.4) is 0 Å². The fourth-order valence-electron chi connectivity index (χ4n) is 1.63. The van der Waals surface area contributed by atoms with Crippen molar-refractivity contribution in [2.75, 3.05) is 6.61 Å². The van der Waals surface area contributed by atoms with E-state index in [2.05, 4.69) is 24.6 Å². The topological polar surface area (TPSA) is 9.23 Å². The first-order valence-corrected chi connectivity index (χ1v) is 4.46. The van der Waals surface area contributed by atoms with Crippen LogP contribution >= 0.6 is 0 Å². The van der Waals surface area contributed by atoms with Crippen molar-refractivity contribution in [2.45, 2.75) is 19.8 Å². The maximum Gasteiger partial charge on any atom is 0.119 e. The molecule has 0 atom stereocenters. The average molecular weight is 161 g/mol. The van der Waals surface area contributed by atoms with Gasteiger partial charge in [-0.15, -0.1) is 0 Å². The highest BCUT2D eigenvalue weighted by Gasteiger charge is 2.10. The lowest BCUT2D eigenvalue weighted by Gasteiger charge is -2.04. The predicted molar refractivity (Wildman–Crippen MR) is 49.3 cm³/mol. The van der Waals surface area contributed by atoms with E-state index >= 15 is 0 Å². The van der Waals surface area contributed by atoms with Gasteiger partial charge in [0.2, 0.25) is 0 Å². The monoisotopic (exact) mass is 161 g/mol. The van der Waals surface area contributed by atoms with Gasteiger partial charge in [-0.3, -0.25) is 0 Å². The molecule has 63 valence electrons. The molecule has 2 rings (SSSR count). The Morgan fingerprint density at radius 2 is 2.08 bits per heavy atom. The number of rotatable bonds is 2. The zero-order chi connectivity index (χ0) is 8.39. The lowest BCUT2D eigenvalue weighted by molar-refractivity contribution is 0.340. The molecule has 1 aliphatic rings. The molecule has 0 amide bonds. The minimum atomic E-state index is 0.752. The number of fused-ring (bicyclic) bond motifs is 1. The Morgan fingerprint density at radius 3 is 2.92 bits per heavy atom. The molecule has 0 spiro atoms. The molecule has 0 unspecified atom stereocenters. The largest absolute Gasteiger partial charge is 0.494 e. The van der Waals surface area contributed by atoms with Crippen LogP contribution in [0.5, 0.6) is 5.75 Å². The molecule has 0 aromatic heterocycles. The summed E-state index contributed by atoms with van der Waals surface area (Å²) in [5, 5.41) is 0. The van der Waals surface area contributed by atoms with E-state index in [0.29, 0.717) is 0 Å². The molecule has 0 aliphatic heterocycles. The summed E-state index contributed by atoms with van der Waals surface area (Å²) < 4.78 is 5.42. The third-order valence-corrected chi connectivity index (χ3v) is 2.22. The lowest BCUT2D eigenvalue weighted by atomic mass is 10.1. The van der Waals surface area contributed by atoms with Crippen molar-refractivity contribution in [1.82, 2.24) is 0 Å². The molecular formula is C11H13O. The third-order valence-electron chi connectivity index (χ3n) is 2.22. The number of benzene rings is 1. The van der Waals surface area contributed by atoms with Gasteiger partial charge in [0.05, 0.1) is 6.61 Å². The van der Waals surface area contributed by atoms with Gasteiger partial charge in [-0.05, 0) is 49.4 Å². The first-order valence-electron chi connectivity index (χ1n) is 4.46. The summed E-state index contributed by atoms with van der Waals surface area (Å²) in [6.07, 6.45) is 4.54. The van der Waals surface area contributed by atoms with Crippen LogP contribution in [0, 0.1) is 6.42 Å². The van der Waals surface area contributed by atoms with E-state index < -0.39 is 0 Å². The molecule has 0 N–H and O–H groups in total. The maximum absolute atomic E-state index is 5.42. The van der Waals surface area contributed by atoms with E-state index in [1.165, 1.54) is 11.1 Å². The number of hydrogen-bond acceptors (Lipinski definition) is 1. The zero-order valence-corrected chi connectivity index (χ0v) is 7.34. The SMILES string of the molecule is CCOc1ccc2c(c1)C[CH]C2. The maximum atomic E-state index is 5.42. The average Bonchev–Trinajstić information content (AvgIpc) is 2.51. The van der Waals surface area contributed by atoms with Crippen LogP contribution in [0.25, 0.3) is 0 Å². The second-order valence-corrected chi connectivity index (χ2v) is 3.06. The lowest BCUT2D eigenvalue weighted by Crippen LogP contribution is -1.92. The van der Waals surface area contributed by atoms with Crippen molar-refractivity contribution in [2.24, 2.45) is 0 Å². The minimum Gasteiger partial charge on any atom is -0.494 e. The summed E-state index contributed by atoms with van der Waals surface area (Å²) in [7, 11) is 0. The van der Waals surface area contributed by atoms with Crippen LogP contribution in [-0.4, -0.2) is 6.61 Å². The Balaban J connectivity index is 2.26. The number of ether oxygens (including phenoxy) is 1. The van der Waals surface area contributed by atoms with Crippen LogP contribution in [-0.2, 0) is 12.8 Å². The van der Waals surface area contributed by atoms with E-state index in [-0.39, 0.29) is 0 Å². The summed E-state index contributed by atoms with van der Waals surface area (Å²) >= 11 is 0. The van der Waals surface area contributed by atoms with Crippen molar-refractivity contribution in [3.63, 3.8) is 0 Å². The molecule has 1 aliphatic carbocycles. The van der Waals surface area contributed by atoms with Gasteiger partial charge in [0, 0.05) is 0 Å². The van der Waals surface area contributed by atoms with Gasteiger partial charge in [0.25, 0.3) is 0 Å². The Kier molecular flexibility index (Phi) is 2.03. The molecule has 12 heavy (non-hydrogen) atoms. The number of hydrogen-bond donors (Lipinski definition) is 0. The van der Waals surface area contributed by atoms with E-state index in [1.54, 1.807) is 0 Å². The van der Waals surface area contributed by atoms with Crippen molar-refractivity contribution >= 4 is 0 Å². The summed E-state index contributed by atoms with van der Waals surface area (Å²) in [4.78, 5) is 0. The molecule has 1 radical (unpaired) electrons. The van der Waals surface area contributed by atoms with Crippen molar-refractivity contribution in [3.05, 3.63) is 35.7 Å². The molecule has 0 fully saturated rings. The summed E-state index contributed by atoms with van der Waals surface area (Å²) in [6.45, 7) is 2.77. The highest BCUT2D eigenvalue weighted by Crippen LogP contribution is 2.25. The van der Waals surface area contributed by atoms with Crippen LogP contribution < -0.4 is 4.74 Å². The zero-order valence-electron chi connectivity index (χ0n) is 7.34. The molecular weight excluding hydrogens is 148 g/mol. The third kappa shape index (κ3) is 1.31. The van der Waals surface area contributed by atoms with Crippen LogP contribution in [0.1, 0.15) is 18.1 Å². The van der Waals surface area contributed by atoms with Crippen molar-refractivity contribution in [3.8, 4) is 5.75 Å². The normalized spacial score (nSPS) is 14.4. The van der Waals surface area contributed by atoms with Gasteiger partial charge in [-0.25, -0.2) is 0 Å². The van der Waals surface area contributed by atoms with Gasteiger partial charge in [0.1, 0.15) is 5.75 Å². The summed E-state index contributed by atoms with van der Waals surface area (Å²) in [5.41, 5.74) is 2.89. The van der Waals surface area contributed by atoms with E-state index in [9.17, 15) is 0 Å². The second-order valence-electron chi connectivity index (χ2n) is 3.06. The Hall–Kier alpha value is -0.980. The molecule has 0 saturated heterocycles. The standard InChI is InChI=1S/C11H13O/c1-2-12-11-7-6-9-4-3-5-10(9)8-11/h3,6-8H,2,4-5H2,1H3. The smallest absolute Gasteiger partial charge is 0.119 e. The predicted octanol–water partition coefficient (Wildman–Crippen LogP) is 2.39. The summed E-state index contributed by atoms with van der Waals surface area (Å²) in [5.74, 6) is 1.01. The molecule has 1 aromatic rings.